The lowest BCUT2D eigenvalue weighted by Crippen LogP contribution is -2.41. The number of carbonyl (C=O) groups is 1. The molecule has 1 N–H and O–H groups in total. The van der Waals surface area contributed by atoms with Gasteiger partial charge < -0.3 is 10.1 Å². The minimum absolute atomic E-state index is 0.0585. The predicted molar refractivity (Wildman–Crippen MR) is 89.3 cm³/mol. The summed E-state index contributed by atoms with van der Waals surface area (Å²) >= 11 is 0. The van der Waals surface area contributed by atoms with Gasteiger partial charge in [-0.2, -0.15) is 0 Å². The van der Waals surface area contributed by atoms with Crippen molar-refractivity contribution in [2.75, 3.05) is 33.3 Å². The predicted octanol–water partition coefficient (Wildman–Crippen LogP) is 1.77. The summed E-state index contributed by atoms with van der Waals surface area (Å²) in [5.41, 5.74) is 5.29. The van der Waals surface area contributed by atoms with Gasteiger partial charge in [-0.25, -0.2) is 0 Å². The Morgan fingerprint density at radius 3 is 2.57 bits per heavy atom. The smallest absolute Gasteiger partial charge is 0.308 e. The molecule has 2 saturated heterocycles. The van der Waals surface area contributed by atoms with Crippen molar-refractivity contribution in [3.05, 3.63) is 28.6 Å². The van der Waals surface area contributed by atoms with E-state index in [0.29, 0.717) is 5.92 Å². The van der Waals surface area contributed by atoms with Crippen LogP contribution in [0.5, 0.6) is 0 Å². The van der Waals surface area contributed by atoms with Crippen molar-refractivity contribution in [3.8, 4) is 0 Å². The van der Waals surface area contributed by atoms with E-state index in [2.05, 4.69) is 30.3 Å². The van der Waals surface area contributed by atoms with Gasteiger partial charge >= 0.3 is 5.97 Å². The van der Waals surface area contributed by atoms with E-state index in [1.807, 2.05) is 0 Å². The maximum Gasteiger partial charge on any atom is 0.308 e. The monoisotopic (exact) mass is 317 g/mol. The number of nitrogens with zero attached hydrogens (tertiary/aromatic N) is 2. The first-order valence-electron chi connectivity index (χ1n) is 8.56. The third kappa shape index (κ3) is 3.40. The Hall–Kier alpha value is -1.46. The van der Waals surface area contributed by atoms with Crippen LogP contribution in [0.25, 0.3) is 0 Å². The van der Waals surface area contributed by atoms with Gasteiger partial charge in [-0.15, -0.1) is 0 Å². The average molecular weight is 317 g/mol. The number of aromatic nitrogens is 1. The molecule has 3 rings (SSSR count). The number of rotatable bonds is 4. The molecule has 2 fully saturated rings. The molecule has 0 aliphatic carbocycles. The Bertz CT molecular complexity index is 576. The van der Waals surface area contributed by atoms with Crippen LogP contribution in [0.4, 0.5) is 0 Å². The van der Waals surface area contributed by atoms with Crippen LogP contribution in [-0.2, 0) is 16.1 Å². The van der Waals surface area contributed by atoms with Gasteiger partial charge in [0.2, 0.25) is 0 Å². The third-order valence-corrected chi connectivity index (χ3v) is 5.47. The van der Waals surface area contributed by atoms with Crippen LogP contribution in [0.1, 0.15) is 41.1 Å². The topological polar surface area (TPSA) is 54.5 Å². The number of piperidine rings is 1. The van der Waals surface area contributed by atoms with Crippen LogP contribution in [0.2, 0.25) is 0 Å². The molecule has 126 valence electrons. The summed E-state index contributed by atoms with van der Waals surface area (Å²) in [6.45, 7) is 9.34. The number of esters is 1. The maximum atomic E-state index is 11.6. The molecular weight excluding hydrogens is 290 g/mol. The summed E-state index contributed by atoms with van der Waals surface area (Å²) in [6.07, 6.45) is 3.84. The summed E-state index contributed by atoms with van der Waals surface area (Å²) in [4.78, 5) is 18.8. The molecule has 2 aliphatic rings. The largest absolute Gasteiger partial charge is 0.469 e. The Balaban J connectivity index is 1.62. The number of hydrogen-bond donors (Lipinski definition) is 1. The highest BCUT2D eigenvalue weighted by Crippen LogP contribution is 2.26. The normalized spacial score (nSPS) is 20.3. The van der Waals surface area contributed by atoms with E-state index in [1.165, 1.54) is 29.5 Å². The molecule has 5 nitrogen and oxygen atoms in total. The van der Waals surface area contributed by atoms with E-state index >= 15 is 0 Å². The lowest BCUT2D eigenvalue weighted by atomic mass is 9.91. The Labute approximate surface area is 138 Å². The number of hydrogen-bond acceptors (Lipinski definition) is 5. The van der Waals surface area contributed by atoms with E-state index in [1.54, 1.807) is 0 Å². The quantitative estimate of drug-likeness (QED) is 0.858. The van der Waals surface area contributed by atoms with Gasteiger partial charge in [-0.3, -0.25) is 14.7 Å². The van der Waals surface area contributed by atoms with Crippen LogP contribution >= 0.6 is 0 Å². The SMILES string of the molecule is COC(=O)C1CCN(Cc2cnc(C3CNC3)c(C)c2C)CC1. The molecule has 3 heterocycles. The van der Waals surface area contributed by atoms with Crippen LogP contribution < -0.4 is 5.32 Å². The number of methoxy groups -OCH3 is 1. The van der Waals surface area contributed by atoms with Crippen molar-refractivity contribution in [3.63, 3.8) is 0 Å². The van der Waals surface area contributed by atoms with E-state index in [-0.39, 0.29) is 11.9 Å². The summed E-state index contributed by atoms with van der Waals surface area (Å²) in [5.74, 6) is 0.598. The molecule has 0 saturated carbocycles. The Morgan fingerprint density at radius 1 is 1.30 bits per heavy atom. The second-order valence-electron chi connectivity index (χ2n) is 6.85. The molecule has 1 aromatic heterocycles. The van der Waals surface area contributed by atoms with Crippen molar-refractivity contribution in [1.82, 2.24) is 15.2 Å². The van der Waals surface area contributed by atoms with Crippen molar-refractivity contribution in [2.45, 2.75) is 39.2 Å². The third-order valence-electron chi connectivity index (χ3n) is 5.47. The first-order chi connectivity index (χ1) is 11.1. The van der Waals surface area contributed by atoms with Crippen molar-refractivity contribution in [1.29, 1.82) is 0 Å². The minimum atomic E-state index is -0.0585. The van der Waals surface area contributed by atoms with Crippen LogP contribution in [0.15, 0.2) is 6.20 Å². The standard InChI is InChI=1S/C18H27N3O2/c1-12-13(2)17(15-8-19-9-15)20-10-16(12)11-21-6-4-14(5-7-21)18(22)23-3/h10,14-15,19H,4-9,11H2,1-3H3. The minimum Gasteiger partial charge on any atom is -0.469 e. The second-order valence-corrected chi connectivity index (χ2v) is 6.85. The van der Waals surface area contributed by atoms with Gasteiger partial charge in [0, 0.05) is 37.4 Å². The zero-order valence-electron chi connectivity index (χ0n) is 14.4. The summed E-state index contributed by atoms with van der Waals surface area (Å²) in [5, 5.41) is 3.32. The number of pyridine rings is 1. The highest BCUT2D eigenvalue weighted by atomic mass is 16.5. The van der Waals surface area contributed by atoms with E-state index < -0.39 is 0 Å². The zero-order chi connectivity index (χ0) is 16.4. The van der Waals surface area contributed by atoms with Crippen molar-refractivity contribution in [2.24, 2.45) is 5.92 Å². The van der Waals surface area contributed by atoms with Gasteiger partial charge in [0.1, 0.15) is 0 Å². The number of nitrogens with one attached hydrogen (secondary N) is 1. The Kier molecular flexibility index (Phi) is 4.97. The number of ether oxygens (including phenoxy) is 1. The molecule has 0 aromatic carbocycles. The summed E-state index contributed by atoms with van der Waals surface area (Å²) in [7, 11) is 1.48. The fraction of sp³-hybridized carbons (Fsp3) is 0.667. The summed E-state index contributed by atoms with van der Waals surface area (Å²) in [6, 6.07) is 0. The highest BCUT2D eigenvalue weighted by molar-refractivity contribution is 5.72. The Morgan fingerprint density at radius 2 is 2.00 bits per heavy atom. The van der Waals surface area contributed by atoms with Crippen LogP contribution in [-0.4, -0.2) is 49.1 Å². The van der Waals surface area contributed by atoms with Gasteiger partial charge in [0.15, 0.2) is 0 Å². The molecule has 1 aromatic rings. The zero-order valence-corrected chi connectivity index (χ0v) is 14.4. The first kappa shape index (κ1) is 16.4. The second kappa shape index (κ2) is 6.97. The van der Waals surface area contributed by atoms with Crippen molar-refractivity contribution < 1.29 is 9.53 Å². The summed E-state index contributed by atoms with van der Waals surface area (Å²) < 4.78 is 4.86. The first-order valence-corrected chi connectivity index (χ1v) is 8.56. The molecule has 0 radical (unpaired) electrons. The highest BCUT2D eigenvalue weighted by Gasteiger charge is 2.27. The van der Waals surface area contributed by atoms with E-state index in [0.717, 1.165) is 45.6 Å². The maximum absolute atomic E-state index is 11.6. The fourth-order valence-corrected chi connectivity index (χ4v) is 3.56. The molecule has 2 aliphatic heterocycles. The molecule has 0 atom stereocenters. The number of carbonyl (C=O) groups excluding carboxylic acids is 1. The van der Waals surface area contributed by atoms with Crippen LogP contribution in [0, 0.1) is 19.8 Å². The molecule has 0 bridgehead atoms. The lowest BCUT2D eigenvalue weighted by molar-refractivity contribution is -0.147. The molecule has 0 unspecified atom stereocenters. The molecular formula is C18H27N3O2. The molecule has 0 amide bonds. The average Bonchev–Trinajstić information content (AvgIpc) is 2.52. The van der Waals surface area contributed by atoms with Gasteiger partial charge in [-0.05, 0) is 56.5 Å². The van der Waals surface area contributed by atoms with E-state index in [9.17, 15) is 4.79 Å². The number of likely N-dealkylation sites (tertiary alicyclic amines) is 1. The van der Waals surface area contributed by atoms with Gasteiger partial charge in [-0.1, -0.05) is 0 Å². The van der Waals surface area contributed by atoms with E-state index in [4.69, 9.17) is 9.72 Å². The molecule has 5 heteroatoms. The molecule has 23 heavy (non-hydrogen) atoms. The lowest BCUT2D eigenvalue weighted by Gasteiger charge is -2.32. The van der Waals surface area contributed by atoms with Crippen molar-refractivity contribution >= 4 is 5.97 Å². The van der Waals surface area contributed by atoms with Gasteiger partial charge in [0.25, 0.3) is 0 Å². The van der Waals surface area contributed by atoms with Gasteiger partial charge in [0.05, 0.1) is 13.0 Å². The molecule has 0 spiro atoms. The fourth-order valence-electron chi connectivity index (χ4n) is 3.56. The van der Waals surface area contributed by atoms with Crippen LogP contribution in [0.3, 0.4) is 0 Å².